The van der Waals surface area contributed by atoms with Crippen molar-refractivity contribution in [2.75, 3.05) is 13.7 Å². The lowest BCUT2D eigenvalue weighted by Crippen LogP contribution is -2.27. The predicted molar refractivity (Wildman–Crippen MR) is 73.2 cm³/mol. The Morgan fingerprint density at radius 1 is 1.42 bits per heavy atom. The molecule has 0 spiro atoms. The van der Waals surface area contributed by atoms with Crippen molar-refractivity contribution in [2.24, 2.45) is 0 Å². The third-order valence-electron chi connectivity index (χ3n) is 3.56. The number of fused-ring (bicyclic) bond motifs is 2. The van der Waals surface area contributed by atoms with Crippen LogP contribution in [-0.4, -0.2) is 24.6 Å². The number of carbonyl (C=O) groups is 1. The molecular formula is C15H16N2O2. The van der Waals surface area contributed by atoms with Gasteiger partial charge >= 0.3 is 5.97 Å². The van der Waals surface area contributed by atoms with Gasteiger partial charge in [0.15, 0.2) is 0 Å². The average molecular weight is 256 g/mol. The molecule has 2 heterocycles. The number of benzene rings is 1. The zero-order valence-electron chi connectivity index (χ0n) is 11.1. The topological polar surface area (TPSA) is 51.2 Å². The molecule has 0 fully saturated rings. The van der Waals surface area contributed by atoms with E-state index in [1.54, 1.807) is 0 Å². The van der Waals surface area contributed by atoms with Gasteiger partial charge in [0, 0.05) is 36.2 Å². The van der Waals surface area contributed by atoms with Gasteiger partial charge in [-0.3, -0.25) is 4.98 Å². The lowest BCUT2D eigenvalue weighted by molar-refractivity contribution is 0.0601. The number of nitrogens with one attached hydrogen (secondary N) is 1. The highest BCUT2D eigenvalue weighted by Crippen LogP contribution is 2.27. The van der Waals surface area contributed by atoms with Crippen LogP contribution in [-0.2, 0) is 17.7 Å². The molecule has 0 saturated heterocycles. The molecule has 1 aliphatic rings. The highest BCUT2D eigenvalue weighted by molar-refractivity contribution is 6.05. The van der Waals surface area contributed by atoms with Gasteiger partial charge in [0.1, 0.15) is 0 Å². The van der Waals surface area contributed by atoms with Crippen molar-refractivity contribution < 1.29 is 9.53 Å². The molecule has 1 N–H and O–H groups in total. The molecule has 4 nitrogen and oxygen atoms in total. The molecule has 1 aromatic heterocycles. The Bertz CT molecular complexity index is 665. The van der Waals surface area contributed by atoms with Crippen LogP contribution in [0.15, 0.2) is 18.2 Å². The molecule has 0 radical (unpaired) electrons. The van der Waals surface area contributed by atoms with Crippen LogP contribution in [0.3, 0.4) is 0 Å². The van der Waals surface area contributed by atoms with Crippen molar-refractivity contribution >= 4 is 16.9 Å². The van der Waals surface area contributed by atoms with Gasteiger partial charge in [-0.25, -0.2) is 4.79 Å². The van der Waals surface area contributed by atoms with Crippen LogP contribution in [0.1, 0.15) is 27.2 Å². The number of aromatic nitrogens is 1. The maximum absolute atomic E-state index is 12.1. The summed E-state index contributed by atoms with van der Waals surface area (Å²) in [5, 5.41) is 4.18. The summed E-state index contributed by atoms with van der Waals surface area (Å²) < 4.78 is 4.96. The van der Waals surface area contributed by atoms with E-state index in [0.29, 0.717) is 12.1 Å². The van der Waals surface area contributed by atoms with Crippen LogP contribution in [0.4, 0.5) is 0 Å². The molecule has 0 amide bonds. The average Bonchev–Trinajstić information content (AvgIpc) is 2.44. The van der Waals surface area contributed by atoms with Gasteiger partial charge in [0.2, 0.25) is 0 Å². The lowest BCUT2D eigenvalue weighted by atomic mass is 9.96. The first kappa shape index (κ1) is 12.1. The Labute approximate surface area is 111 Å². The third kappa shape index (κ3) is 1.98. The summed E-state index contributed by atoms with van der Waals surface area (Å²) in [6.07, 6.45) is 0.850. The molecule has 0 atom stereocenters. The van der Waals surface area contributed by atoms with Crippen molar-refractivity contribution in [1.29, 1.82) is 0 Å². The van der Waals surface area contributed by atoms with Crippen molar-refractivity contribution in [3.05, 3.63) is 40.6 Å². The van der Waals surface area contributed by atoms with E-state index < -0.39 is 0 Å². The summed E-state index contributed by atoms with van der Waals surface area (Å²) >= 11 is 0. The number of methoxy groups -OCH3 is 1. The van der Waals surface area contributed by atoms with Gasteiger partial charge in [-0.1, -0.05) is 11.6 Å². The summed E-state index contributed by atoms with van der Waals surface area (Å²) in [6, 6.07) is 5.99. The SMILES string of the molecule is COC(=O)c1c2c(nc3ccc(C)cc13)CCNC2. The molecule has 3 rings (SSSR count). The predicted octanol–water partition coefficient (Wildman–Crippen LogP) is 1.98. The normalized spacial score (nSPS) is 14.2. The largest absolute Gasteiger partial charge is 0.465 e. The van der Waals surface area contributed by atoms with Gasteiger partial charge in [0.05, 0.1) is 18.2 Å². The minimum Gasteiger partial charge on any atom is -0.465 e. The summed E-state index contributed by atoms with van der Waals surface area (Å²) in [7, 11) is 1.42. The van der Waals surface area contributed by atoms with E-state index >= 15 is 0 Å². The quantitative estimate of drug-likeness (QED) is 0.793. The second kappa shape index (κ2) is 4.63. The van der Waals surface area contributed by atoms with Crippen molar-refractivity contribution in [3.8, 4) is 0 Å². The van der Waals surface area contributed by atoms with Crippen LogP contribution in [0, 0.1) is 6.92 Å². The molecule has 4 heteroatoms. The summed E-state index contributed by atoms with van der Waals surface area (Å²) in [5.41, 5.74) is 4.64. The van der Waals surface area contributed by atoms with E-state index in [-0.39, 0.29) is 5.97 Å². The fourth-order valence-electron chi connectivity index (χ4n) is 2.62. The van der Waals surface area contributed by atoms with Crippen LogP contribution >= 0.6 is 0 Å². The highest BCUT2D eigenvalue weighted by Gasteiger charge is 2.22. The Hall–Kier alpha value is -1.94. The van der Waals surface area contributed by atoms with Crippen LogP contribution in [0.2, 0.25) is 0 Å². The van der Waals surface area contributed by atoms with Crippen LogP contribution in [0.25, 0.3) is 10.9 Å². The minimum absolute atomic E-state index is 0.280. The molecule has 1 aromatic carbocycles. The van der Waals surface area contributed by atoms with E-state index in [1.165, 1.54) is 7.11 Å². The van der Waals surface area contributed by atoms with E-state index in [4.69, 9.17) is 4.74 Å². The Kier molecular flexibility index (Phi) is 2.95. The third-order valence-corrected chi connectivity index (χ3v) is 3.56. The number of rotatable bonds is 1. The van der Waals surface area contributed by atoms with Crippen LogP contribution < -0.4 is 5.32 Å². The van der Waals surface area contributed by atoms with E-state index in [9.17, 15) is 4.79 Å². The van der Waals surface area contributed by atoms with Crippen LogP contribution in [0.5, 0.6) is 0 Å². The minimum atomic E-state index is -0.280. The van der Waals surface area contributed by atoms with Gasteiger partial charge in [-0.2, -0.15) is 0 Å². The highest BCUT2D eigenvalue weighted by atomic mass is 16.5. The van der Waals surface area contributed by atoms with Gasteiger partial charge in [-0.05, 0) is 19.1 Å². The summed E-state index contributed by atoms with van der Waals surface area (Å²) in [6.45, 7) is 3.59. The zero-order valence-corrected chi connectivity index (χ0v) is 11.1. The summed E-state index contributed by atoms with van der Waals surface area (Å²) in [4.78, 5) is 16.8. The van der Waals surface area contributed by atoms with Gasteiger partial charge in [0.25, 0.3) is 0 Å². The molecule has 0 aliphatic carbocycles. The number of esters is 1. The van der Waals surface area contributed by atoms with Gasteiger partial charge in [-0.15, -0.1) is 0 Å². The molecule has 1 aliphatic heterocycles. The summed E-state index contributed by atoms with van der Waals surface area (Å²) in [5.74, 6) is -0.280. The Morgan fingerprint density at radius 3 is 3.05 bits per heavy atom. The maximum atomic E-state index is 12.1. The van der Waals surface area contributed by atoms with E-state index in [1.807, 2.05) is 25.1 Å². The van der Waals surface area contributed by atoms with Crippen molar-refractivity contribution in [3.63, 3.8) is 0 Å². The number of pyridine rings is 1. The van der Waals surface area contributed by atoms with Crippen molar-refractivity contribution in [1.82, 2.24) is 10.3 Å². The molecule has 19 heavy (non-hydrogen) atoms. The number of carbonyl (C=O) groups excluding carboxylic acids is 1. The first-order valence-electron chi connectivity index (χ1n) is 6.42. The molecule has 2 aromatic rings. The standard InChI is InChI=1S/C15H16N2O2/c1-9-3-4-12-10(7-9)14(15(18)19-2)11-8-16-6-5-13(11)17-12/h3-4,7,16H,5-6,8H2,1-2H3. The Balaban J connectivity index is 2.37. The van der Waals surface area contributed by atoms with Gasteiger partial charge < -0.3 is 10.1 Å². The number of ether oxygens (including phenoxy) is 1. The number of nitrogens with zero attached hydrogens (tertiary/aromatic N) is 1. The second-order valence-electron chi connectivity index (χ2n) is 4.85. The van der Waals surface area contributed by atoms with E-state index in [0.717, 1.165) is 40.7 Å². The fraction of sp³-hybridized carbons (Fsp3) is 0.333. The van der Waals surface area contributed by atoms with E-state index in [2.05, 4.69) is 10.3 Å². The molecule has 0 saturated carbocycles. The Morgan fingerprint density at radius 2 is 2.26 bits per heavy atom. The molecular weight excluding hydrogens is 240 g/mol. The number of hydrogen-bond acceptors (Lipinski definition) is 4. The molecule has 98 valence electrons. The zero-order chi connectivity index (χ0) is 13.4. The number of hydrogen-bond donors (Lipinski definition) is 1. The lowest BCUT2D eigenvalue weighted by Gasteiger charge is -2.20. The first-order chi connectivity index (χ1) is 9.20. The maximum Gasteiger partial charge on any atom is 0.338 e. The smallest absolute Gasteiger partial charge is 0.338 e. The van der Waals surface area contributed by atoms with Crippen molar-refractivity contribution in [2.45, 2.75) is 19.9 Å². The molecule has 0 unspecified atom stereocenters. The fourth-order valence-corrected chi connectivity index (χ4v) is 2.62. The molecule has 0 bridgehead atoms. The number of aryl methyl sites for hydroxylation is 1. The second-order valence-corrected chi connectivity index (χ2v) is 4.85. The first-order valence-corrected chi connectivity index (χ1v) is 6.42. The monoisotopic (exact) mass is 256 g/mol.